The molecule has 0 heterocycles. The first kappa shape index (κ1) is 12.3. The number of amidine groups is 1. The number of rotatable bonds is 3. The summed E-state index contributed by atoms with van der Waals surface area (Å²) in [5, 5.41) is 8.99. The van der Waals surface area contributed by atoms with Crippen LogP contribution in [0.1, 0.15) is 19.4 Å². The Morgan fingerprint density at radius 2 is 1.80 bits per heavy atom. The minimum atomic E-state index is 0.485. The molecule has 0 amide bonds. The van der Waals surface area contributed by atoms with Crippen molar-refractivity contribution >= 4 is 29.0 Å². The molecule has 1 rings (SSSR count). The Hall–Kier alpha value is -0.730. The van der Waals surface area contributed by atoms with E-state index >= 15 is 0 Å². The van der Waals surface area contributed by atoms with Gasteiger partial charge in [0.05, 0.1) is 10.0 Å². The van der Waals surface area contributed by atoms with E-state index in [1.807, 2.05) is 24.8 Å². The number of halogens is 2. The van der Waals surface area contributed by atoms with Gasteiger partial charge in [-0.3, -0.25) is 5.41 Å². The first-order valence-electron chi connectivity index (χ1n) is 4.89. The Morgan fingerprint density at radius 3 is 2.27 bits per heavy atom. The van der Waals surface area contributed by atoms with Gasteiger partial charge in [-0.2, -0.15) is 0 Å². The summed E-state index contributed by atoms with van der Waals surface area (Å²) in [5.74, 6) is 0.485. The molecule has 0 spiro atoms. The number of hydrogen-bond acceptors (Lipinski definition) is 1. The summed E-state index contributed by atoms with van der Waals surface area (Å²) in [6, 6.07) is 5.26. The molecule has 2 nitrogen and oxygen atoms in total. The van der Waals surface area contributed by atoms with Crippen LogP contribution in [-0.2, 0) is 0 Å². The summed E-state index contributed by atoms with van der Waals surface area (Å²) < 4.78 is 0. The molecular weight excluding hydrogens is 231 g/mol. The molecule has 0 bridgehead atoms. The van der Waals surface area contributed by atoms with E-state index in [1.54, 1.807) is 12.1 Å². The molecule has 1 aromatic rings. The minimum absolute atomic E-state index is 0.485. The van der Waals surface area contributed by atoms with Crippen LogP contribution in [0.3, 0.4) is 0 Å². The monoisotopic (exact) mass is 244 g/mol. The maximum atomic E-state index is 7.98. The second kappa shape index (κ2) is 5.38. The largest absolute Gasteiger partial charge is 0.357 e. The fourth-order valence-electron chi connectivity index (χ4n) is 1.37. The molecule has 0 atom stereocenters. The first-order chi connectivity index (χ1) is 7.10. The van der Waals surface area contributed by atoms with E-state index in [2.05, 4.69) is 0 Å². The fourth-order valence-corrected chi connectivity index (χ4v) is 1.66. The van der Waals surface area contributed by atoms with Gasteiger partial charge >= 0.3 is 0 Å². The Morgan fingerprint density at radius 1 is 1.20 bits per heavy atom. The molecule has 1 N–H and O–H groups in total. The summed E-state index contributed by atoms with van der Waals surface area (Å²) in [6.45, 7) is 5.68. The predicted molar refractivity (Wildman–Crippen MR) is 66.2 cm³/mol. The van der Waals surface area contributed by atoms with E-state index in [9.17, 15) is 0 Å². The van der Waals surface area contributed by atoms with E-state index in [1.165, 1.54) is 0 Å². The quantitative estimate of drug-likeness (QED) is 0.638. The summed E-state index contributed by atoms with van der Waals surface area (Å²) in [5.41, 5.74) is 0.799. The van der Waals surface area contributed by atoms with Crippen molar-refractivity contribution in [1.82, 2.24) is 4.90 Å². The molecule has 0 aliphatic heterocycles. The van der Waals surface area contributed by atoms with Crippen LogP contribution in [-0.4, -0.2) is 23.8 Å². The van der Waals surface area contributed by atoms with Crippen molar-refractivity contribution in [1.29, 1.82) is 5.41 Å². The molecule has 15 heavy (non-hydrogen) atoms. The zero-order chi connectivity index (χ0) is 11.4. The van der Waals surface area contributed by atoms with E-state index in [0.29, 0.717) is 15.9 Å². The third-order valence-electron chi connectivity index (χ3n) is 2.27. The van der Waals surface area contributed by atoms with Crippen molar-refractivity contribution < 1.29 is 0 Å². The van der Waals surface area contributed by atoms with Gasteiger partial charge in [-0.05, 0) is 32.0 Å². The molecular formula is C11H14Cl2N2. The van der Waals surface area contributed by atoms with Crippen molar-refractivity contribution in [3.05, 3.63) is 33.8 Å². The molecule has 0 aromatic heterocycles. The molecule has 0 radical (unpaired) electrons. The highest BCUT2D eigenvalue weighted by atomic mass is 35.5. The topological polar surface area (TPSA) is 27.1 Å². The lowest BCUT2D eigenvalue weighted by molar-refractivity contribution is 0.463. The van der Waals surface area contributed by atoms with Gasteiger partial charge in [-0.15, -0.1) is 0 Å². The van der Waals surface area contributed by atoms with Crippen molar-refractivity contribution in [3.63, 3.8) is 0 Å². The number of hydrogen-bond donors (Lipinski definition) is 1. The molecule has 0 fully saturated rings. The highest BCUT2D eigenvalue weighted by Gasteiger charge is 2.09. The summed E-state index contributed by atoms with van der Waals surface area (Å²) >= 11 is 11.7. The number of nitrogens with zero attached hydrogens (tertiary/aromatic N) is 1. The lowest BCUT2D eigenvalue weighted by Crippen LogP contribution is -2.30. The van der Waals surface area contributed by atoms with Gasteiger partial charge < -0.3 is 4.90 Å². The predicted octanol–water partition coefficient (Wildman–Crippen LogP) is 3.66. The van der Waals surface area contributed by atoms with Gasteiger partial charge in [0.25, 0.3) is 0 Å². The van der Waals surface area contributed by atoms with Crippen LogP contribution in [0, 0.1) is 5.41 Å². The summed E-state index contributed by atoms with van der Waals surface area (Å²) in [6.07, 6.45) is 0. The minimum Gasteiger partial charge on any atom is -0.357 e. The normalized spacial score (nSPS) is 10.1. The molecule has 1 aromatic carbocycles. The van der Waals surface area contributed by atoms with Gasteiger partial charge in [0.2, 0.25) is 0 Å². The summed E-state index contributed by atoms with van der Waals surface area (Å²) in [7, 11) is 0. The van der Waals surface area contributed by atoms with E-state index in [-0.39, 0.29) is 0 Å². The summed E-state index contributed by atoms with van der Waals surface area (Å²) in [4.78, 5) is 1.96. The van der Waals surface area contributed by atoms with E-state index in [0.717, 1.165) is 18.7 Å². The van der Waals surface area contributed by atoms with Crippen LogP contribution in [0.5, 0.6) is 0 Å². The second-order valence-electron chi connectivity index (χ2n) is 3.15. The van der Waals surface area contributed by atoms with Crippen LogP contribution in [0.25, 0.3) is 0 Å². The molecule has 0 aliphatic carbocycles. The fraction of sp³-hybridized carbons (Fsp3) is 0.364. The van der Waals surface area contributed by atoms with Crippen molar-refractivity contribution in [2.75, 3.05) is 13.1 Å². The average molecular weight is 245 g/mol. The van der Waals surface area contributed by atoms with Gasteiger partial charge in [0.15, 0.2) is 0 Å². The van der Waals surface area contributed by atoms with Gasteiger partial charge in [-0.25, -0.2) is 0 Å². The van der Waals surface area contributed by atoms with Crippen LogP contribution in [0.2, 0.25) is 10.0 Å². The first-order valence-corrected chi connectivity index (χ1v) is 5.64. The highest BCUT2D eigenvalue weighted by Crippen LogP contribution is 2.23. The Balaban J connectivity index is 2.96. The van der Waals surface area contributed by atoms with Crippen molar-refractivity contribution in [3.8, 4) is 0 Å². The van der Waals surface area contributed by atoms with E-state index < -0.39 is 0 Å². The van der Waals surface area contributed by atoms with Crippen LogP contribution in [0.4, 0.5) is 0 Å². The maximum absolute atomic E-state index is 7.98. The zero-order valence-corrected chi connectivity index (χ0v) is 10.4. The molecule has 4 heteroatoms. The van der Waals surface area contributed by atoms with Crippen LogP contribution >= 0.6 is 23.2 Å². The molecule has 0 saturated heterocycles. The zero-order valence-electron chi connectivity index (χ0n) is 8.85. The maximum Gasteiger partial charge on any atom is 0.128 e. The molecule has 0 unspecified atom stereocenters. The molecule has 82 valence electrons. The molecule has 0 aliphatic rings. The second-order valence-corrected chi connectivity index (χ2v) is 3.96. The lowest BCUT2D eigenvalue weighted by Gasteiger charge is -2.21. The van der Waals surface area contributed by atoms with Gasteiger partial charge in [0, 0.05) is 18.7 Å². The van der Waals surface area contributed by atoms with E-state index in [4.69, 9.17) is 28.6 Å². The van der Waals surface area contributed by atoms with Crippen molar-refractivity contribution in [2.24, 2.45) is 0 Å². The highest BCUT2D eigenvalue weighted by molar-refractivity contribution is 6.42. The Bertz CT molecular complexity index is 360. The average Bonchev–Trinajstić information content (AvgIpc) is 2.23. The van der Waals surface area contributed by atoms with Crippen molar-refractivity contribution in [2.45, 2.75) is 13.8 Å². The number of nitrogens with one attached hydrogen (secondary N) is 1. The number of benzene rings is 1. The lowest BCUT2D eigenvalue weighted by atomic mass is 10.2. The third-order valence-corrected chi connectivity index (χ3v) is 3.01. The van der Waals surface area contributed by atoms with Gasteiger partial charge in [-0.1, -0.05) is 23.2 Å². The van der Waals surface area contributed by atoms with Crippen LogP contribution in [0.15, 0.2) is 18.2 Å². The van der Waals surface area contributed by atoms with Crippen LogP contribution < -0.4 is 0 Å². The SMILES string of the molecule is CCN(CC)C(=N)c1ccc(Cl)c(Cl)c1. The smallest absolute Gasteiger partial charge is 0.128 e. The third kappa shape index (κ3) is 2.86. The van der Waals surface area contributed by atoms with Gasteiger partial charge in [0.1, 0.15) is 5.84 Å². The molecule has 0 saturated carbocycles. The Kier molecular flexibility index (Phi) is 4.43. The Labute approximate surface area is 100 Å². The standard InChI is InChI=1S/C11H14Cl2N2/c1-3-15(4-2)11(14)8-5-6-9(12)10(13)7-8/h5-7,14H,3-4H2,1-2H3.